The minimum absolute atomic E-state index is 0.0349. The van der Waals surface area contributed by atoms with Crippen LogP contribution in [0.3, 0.4) is 0 Å². The van der Waals surface area contributed by atoms with E-state index >= 15 is 0 Å². The summed E-state index contributed by atoms with van der Waals surface area (Å²) < 4.78 is 28.9. The maximum atomic E-state index is 12.4. The topological polar surface area (TPSA) is 81.1 Å². The zero-order valence-electron chi connectivity index (χ0n) is 13.8. The first kappa shape index (κ1) is 16.9. The zero-order valence-corrected chi connectivity index (χ0v) is 14.6. The van der Waals surface area contributed by atoms with Gasteiger partial charge in [-0.3, -0.25) is 4.79 Å². The van der Waals surface area contributed by atoms with E-state index in [1.165, 1.54) is 4.68 Å². The predicted octanol–water partition coefficient (Wildman–Crippen LogP) is 1.07. The summed E-state index contributed by atoms with van der Waals surface area (Å²) >= 11 is 0. The van der Waals surface area contributed by atoms with E-state index in [0.717, 1.165) is 22.4 Å². The fourth-order valence-electron chi connectivity index (χ4n) is 3.10. The molecule has 1 atom stereocenters. The Morgan fingerprint density at radius 2 is 2.12 bits per heavy atom. The van der Waals surface area contributed by atoms with Gasteiger partial charge in [0.25, 0.3) is 5.56 Å². The van der Waals surface area contributed by atoms with Crippen molar-refractivity contribution in [3.8, 4) is 0 Å². The second-order valence-electron chi connectivity index (χ2n) is 6.38. The van der Waals surface area contributed by atoms with E-state index in [0.29, 0.717) is 19.3 Å². The third kappa shape index (κ3) is 3.91. The van der Waals surface area contributed by atoms with Crippen LogP contribution in [0.1, 0.15) is 28.8 Å². The van der Waals surface area contributed by atoms with E-state index in [2.05, 4.69) is 9.82 Å². The van der Waals surface area contributed by atoms with E-state index in [1.54, 1.807) is 13.1 Å². The standard InChI is InChI=1S/C17H21N3O3S/c1-12-4-3-5-13(8-12)11-24(22,23)19-15-6-7-16-14(9-15)10-17(21)20(2)18-16/h3-5,8,10,15,19H,6-7,9,11H2,1-2H3. The third-order valence-corrected chi connectivity index (χ3v) is 5.65. The average Bonchev–Trinajstić information content (AvgIpc) is 2.48. The number of fused-ring (bicyclic) bond motifs is 1. The van der Waals surface area contributed by atoms with Gasteiger partial charge in [-0.05, 0) is 37.3 Å². The first-order valence-electron chi connectivity index (χ1n) is 7.94. The molecule has 128 valence electrons. The van der Waals surface area contributed by atoms with Crippen molar-refractivity contribution in [1.82, 2.24) is 14.5 Å². The number of aryl methyl sites for hydroxylation is 3. The lowest BCUT2D eigenvalue weighted by Gasteiger charge is -2.24. The number of sulfonamides is 1. The molecule has 1 unspecified atom stereocenters. The Balaban J connectivity index is 1.72. The number of nitrogens with one attached hydrogen (secondary N) is 1. The summed E-state index contributed by atoms with van der Waals surface area (Å²) in [5, 5.41) is 4.25. The number of benzene rings is 1. The lowest BCUT2D eigenvalue weighted by molar-refractivity contribution is 0.491. The summed E-state index contributed by atoms with van der Waals surface area (Å²) in [7, 11) is -1.80. The van der Waals surface area contributed by atoms with Gasteiger partial charge in [0.05, 0.1) is 11.4 Å². The Morgan fingerprint density at radius 3 is 2.88 bits per heavy atom. The normalized spacial score (nSPS) is 17.5. The number of nitrogens with zero attached hydrogens (tertiary/aromatic N) is 2. The van der Waals surface area contributed by atoms with E-state index < -0.39 is 10.0 Å². The molecule has 24 heavy (non-hydrogen) atoms. The minimum Gasteiger partial charge on any atom is -0.268 e. The quantitative estimate of drug-likeness (QED) is 0.897. The van der Waals surface area contributed by atoms with Gasteiger partial charge in [0.2, 0.25) is 10.0 Å². The molecule has 0 radical (unpaired) electrons. The fourth-order valence-corrected chi connectivity index (χ4v) is 4.51. The first-order valence-corrected chi connectivity index (χ1v) is 9.59. The predicted molar refractivity (Wildman–Crippen MR) is 92.2 cm³/mol. The van der Waals surface area contributed by atoms with E-state index in [9.17, 15) is 13.2 Å². The third-order valence-electron chi connectivity index (χ3n) is 4.24. The van der Waals surface area contributed by atoms with E-state index in [-0.39, 0.29) is 17.4 Å². The smallest absolute Gasteiger partial charge is 0.266 e. The number of rotatable bonds is 4. The van der Waals surface area contributed by atoms with Gasteiger partial charge >= 0.3 is 0 Å². The highest BCUT2D eigenvalue weighted by atomic mass is 32.2. The van der Waals surface area contributed by atoms with Crippen LogP contribution in [0.15, 0.2) is 35.1 Å². The highest BCUT2D eigenvalue weighted by Gasteiger charge is 2.25. The van der Waals surface area contributed by atoms with Gasteiger partial charge in [0.15, 0.2) is 0 Å². The van der Waals surface area contributed by atoms with Gasteiger partial charge in [-0.15, -0.1) is 0 Å². The number of hydrogen-bond acceptors (Lipinski definition) is 4. The van der Waals surface area contributed by atoms with E-state index in [1.807, 2.05) is 31.2 Å². The van der Waals surface area contributed by atoms with Crippen LogP contribution in [0.5, 0.6) is 0 Å². The lowest BCUT2D eigenvalue weighted by Crippen LogP contribution is -2.40. The maximum absolute atomic E-state index is 12.4. The molecule has 2 aromatic rings. The molecule has 1 heterocycles. The summed E-state index contributed by atoms with van der Waals surface area (Å²) in [6, 6.07) is 8.86. The van der Waals surface area contributed by atoms with Gasteiger partial charge in [-0.1, -0.05) is 29.8 Å². The van der Waals surface area contributed by atoms with Gasteiger partial charge in [-0.25, -0.2) is 17.8 Å². The van der Waals surface area contributed by atoms with Crippen molar-refractivity contribution in [2.75, 3.05) is 0 Å². The molecule has 0 aliphatic heterocycles. The van der Waals surface area contributed by atoms with Gasteiger partial charge in [0.1, 0.15) is 0 Å². The molecule has 7 heteroatoms. The van der Waals surface area contributed by atoms with Crippen molar-refractivity contribution in [3.05, 3.63) is 63.1 Å². The van der Waals surface area contributed by atoms with Crippen molar-refractivity contribution in [2.45, 2.75) is 38.0 Å². The zero-order chi connectivity index (χ0) is 17.3. The van der Waals surface area contributed by atoms with Gasteiger partial charge < -0.3 is 0 Å². The fraction of sp³-hybridized carbons (Fsp3) is 0.412. The van der Waals surface area contributed by atoms with Crippen LogP contribution in [-0.4, -0.2) is 24.2 Å². The molecule has 0 bridgehead atoms. The van der Waals surface area contributed by atoms with Crippen molar-refractivity contribution in [1.29, 1.82) is 0 Å². The Morgan fingerprint density at radius 1 is 1.33 bits per heavy atom. The second kappa shape index (κ2) is 6.49. The van der Waals surface area contributed by atoms with Crippen LogP contribution in [0.4, 0.5) is 0 Å². The average molecular weight is 347 g/mol. The van der Waals surface area contributed by atoms with Crippen LogP contribution < -0.4 is 10.3 Å². The highest BCUT2D eigenvalue weighted by Crippen LogP contribution is 2.19. The molecule has 0 amide bonds. The molecular formula is C17H21N3O3S. The molecule has 6 nitrogen and oxygen atoms in total. The second-order valence-corrected chi connectivity index (χ2v) is 8.14. The summed E-state index contributed by atoms with van der Waals surface area (Å²) in [6.07, 6.45) is 1.86. The first-order chi connectivity index (χ1) is 11.3. The monoisotopic (exact) mass is 347 g/mol. The maximum Gasteiger partial charge on any atom is 0.266 e. The molecule has 1 N–H and O–H groups in total. The molecule has 0 saturated heterocycles. The number of aromatic nitrogens is 2. The Kier molecular flexibility index (Phi) is 4.56. The van der Waals surface area contributed by atoms with Crippen LogP contribution in [0.25, 0.3) is 0 Å². The highest BCUT2D eigenvalue weighted by molar-refractivity contribution is 7.88. The molecule has 1 aliphatic carbocycles. The van der Waals surface area contributed by atoms with Gasteiger partial charge in [-0.2, -0.15) is 5.10 Å². The van der Waals surface area contributed by atoms with Crippen LogP contribution in [-0.2, 0) is 35.7 Å². The SMILES string of the molecule is Cc1cccc(CS(=O)(=O)NC2CCc3nn(C)c(=O)cc3C2)c1. The Labute approximate surface area is 141 Å². The molecule has 1 aliphatic rings. The molecule has 0 saturated carbocycles. The van der Waals surface area contributed by atoms with Crippen LogP contribution >= 0.6 is 0 Å². The lowest BCUT2D eigenvalue weighted by atomic mass is 9.93. The Hall–Kier alpha value is -1.99. The molecule has 1 aromatic carbocycles. The van der Waals surface area contributed by atoms with Crippen molar-refractivity contribution < 1.29 is 8.42 Å². The number of hydrogen-bond donors (Lipinski definition) is 1. The molecule has 0 spiro atoms. The molecule has 3 rings (SSSR count). The molecule has 1 aromatic heterocycles. The van der Waals surface area contributed by atoms with Crippen molar-refractivity contribution in [2.24, 2.45) is 7.05 Å². The minimum atomic E-state index is -3.43. The molecule has 0 fully saturated rings. The van der Waals surface area contributed by atoms with E-state index in [4.69, 9.17) is 0 Å². The summed E-state index contributed by atoms with van der Waals surface area (Å²) in [5.74, 6) is -0.0349. The van der Waals surface area contributed by atoms with Crippen molar-refractivity contribution in [3.63, 3.8) is 0 Å². The van der Waals surface area contributed by atoms with Gasteiger partial charge in [0, 0.05) is 19.2 Å². The summed E-state index contributed by atoms with van der Waals surface area (Å²) in [6.45, 7) is 1.94. The summed E-state index contributed by atoms with van der Waals surface area (Å²) in [4.78, 5) is 11.7. The summed E-state index contributed by atoms with van der Waals surface area (Å²) in [5.41, 5.74) is 3.36. The largest absolute Gasteiger partial charge is 0.268 e. The Bertz CT molecular complexity index is 919. The van der Waals surface area contributed by atoms with Crippen molar-refractivity contribution >= 4 is 10.0 Å². The molecular weight excluding hydrogens is 326 g/mol. The van der Waals surface area contributed by atoms with Crippen LogP contribution in [0.2, 0.25) is 0 Å². The van der Waals surface area contributed by atoms with Crippen LogP contribution in [0, 0.1) is 6.92 Å².